The smallest absolute Gasteiger partial charge is 0.331 e. The lowest BCUT2D eigenvalue weighted by Gasteiger charge is -2.09. The molecule has 0 amide bonds. The highest BCUT2D eigenvalue weighted by Gasteiger charge is 2.06. The van der Waals surface area contributed by atoms with Gasteiger partial charge in [0.15, 0.2) is 11.5 Å². The SMILES string of the molecule is CCOc1ccc(/C=C/C(=O)OCc2cccc3cccnc23)cc1OC. The van der Waals surface area contributed by atoms with Gasteiger partial charge < -0.3 is 14.2 Å². The molecule has 138 valence electrons. The van der Waals surface area contributed by atoms with Gasteiger partial charge in [0.1, 0.15) is 6.61 Å². The maximum Gasteiger partial charge on any atom is 0.331 e. The van der Waals surface area contributed by atoms with E-state index in [-0.39, 0.29) is 6.61 Å². The average molecular weight is 363 g/mol. The lowest BCUT2D eigenvalue weighted by molar-refractivity contribution is -0.138. The summed E-state index contributed by atoms with van der Waals surface area (Å²) in [6.07, 6.45) is 4.81. The summed E-state index contributed by atoms with van der Waals surface area (Å²) in [5.74, 6) is 0.869. The number of fused-ring (bicyclic) bond motifs is 1. The lowest BCUT2D eigenvalue weighted by atomic mass is 10.1. The summed E-state index contributed by atoms with van der Waals surface area (Å²) in [6, 6.07) is 15.1. The Labute approximate surface area is 158 Å². The number of carbonyl (C=O) groups is 1. The van der Waals surface area contributed by atoms with Crippen molar-refractivity contribution in [1.82, 2.24) is 4.98 Å². The zero-order chi connectivity index (χ0) is 19.1. The standard InChI is InChI=1S/C22H21NO4/c1-3-26-19-11-9-16(14-20(19)25-2)10-12-21(24)27-15-18-7-4-6-17-8-5-13-23-22(17)18/h4-14H,3,15H2,1-2H3/b12-10+. The minimum Gasteiger partial charge on any atom is -0.493 e. The molecule has 1 aromatic heterocycles. The number of pyridine rings is 1. The number of hydrogen-bond donors (Lipinski definition) is 0. The predicted molar refractivity (Wildman–Crippen MR) is 105 cm³/mol. The van der Waals surface area contributed by atoms with Crippen molar-refractivity contribution in [1.29, 1.82) is 0 Å². The molecule has 1 heterocycles. The van der Waals surface area contributed by atoms with Crippen molar-refractivity contribution >= 4 is 22.9 Å². The van der Waals surface area contributed by atoms with Crippen molar-refractivity contribution in [3.8, 4) is 11.5 Å². The maximum absolute atomic E-state index is 12.1. The van der Waals surface area contributed by atoms with Crippen LogP contribution in [0, 0.1) is 0 Å². The van der Waals surface area contributed by atoms with Crippen molar-refractivity contribution in [2.45, 2.75) is 13.5 Å². The third kappa shape index (κ3) is 4.64. The molecule has 2 aromatic carbocycles. The van der Waals surface area contributed by atoms with E-state index in [0.29, 0.717) is 18.1 Å². The second-order valence-corrected chi connectivity index (χ2v) is 5.78. The molecule has 0 N–H and O–H groups in total. The van der Waals surface area contributed by atoms with Crippen molar-refractivity contribution in [2.24, 2.45) is 0 Å². The van der Waals surface area contributed by atoms with Gasteiger partial charge in [-0.2, -0.15) is 0 Å². The summed E-state index contributed by atoms with van der Waals surface area (Å²) in [6.45, 7) is 2.64. The lowest BCUT2D eigenvalue weighted by Crippen LogP contribution is -2.01. The van der Waals surface area contributed by atoms with Gasteiger partial charge in [-0.05, 0) is 36.8 Å². The fourth-order valence-corrected chi connectivity index (χ4v) is 2.71. The Hall–Kier alpha value is -3.34. The highest BCUT2D eigenvalue weighted by molar-refractivity contribution is 5.87. The molecule has 0 saturated heterocycles. The van der Waals surface area contributed by atoms with Crippen LogP contribution in [0.4, 0.5) is 0 Å². The Morgan fingerprint density at radius 3 is 2.78 bits per heavy atom. The van der Waals surface area contributed by atoms with E-state index < -0.39 is 5.97 Å². The van der Waals surface area contributed by atoms with Gasteiger partial charge >= 0.3 is 5.97 Å². The van der Waals surface area contributed by atoms with Crippen LogP contribution < -0.4 is 9.47 Å². The Morgan fingerprint density at radius 1 is 1.11 bits per heavy atom. The first-order valence-electron chi connectivity index (χ1n) is 8.69. The summed E-state index contributed by atoms with van der Waals surface area (Å²) in [4.78, 5) is 16.4. The number of methoxy groups -OCH3 is 1. The molecule has 27 heavy (non-hydrogen) atoms. The quantitative estimate of drug-likeness (QED) is 0.460. The minimum absolute atomic E-state index is 0.171. The van der Waals surface area contributed by atoms with E-state index in [9.17, 15) is 4.79 Å². The first-order chi connectivity index (χ1) is 13.2. The maximum atomic E-state index is 12.1. The molecule has 0 atom stereocenters. The van der Waals surface area contributed by atoms with E-state index in [0.717, 1.165) is 22.0 Å². The number of nitrogens with zero attached hydrogens (tertiary/aromatic N) is 1. The first-order valence-corrected chi connectivity index (χ1v) is 8.69. The fourth-order valence-electron chi connectivity index (χ4n) is 2.71. The molecule has 0 unspecified atom stereocenters. The van der Waals surface area contributed by atoms with Crippen molar-refractivity contribution in [3.63, 3.8) is 0 Å². The summed E-state index contributed by atoms with van der Waals surface area (Å²) >= 11 is 0. The summed E-state index contributed by atoms with van der Waals surface area (Å²) in [7, 11) is 1.58. The van der Waals surface area contributed by atoms with Crippen LogP contribution >= 0.6 is 0 Å². The normalized spacial score (nSPS) is 10.9. The summed E-state index contributed by atoms with van der Waals surface area (Å²) < 4.78 is 16.1. The van der Waals surface area contributed by atoms with Crippen LogP contribution in [0.15, 0.2) is 60.8 Å². The summed E-state index contributed by atoms with van der Waals surface area (Å²) in [5, 5.41) is 1.02. The average Bonchev–Trinajstić information content (AvgIpc) is 2.71. The van der Waals surface area contributed by atoms with Crippen LogP contribution in [0.1, 0.15) is 18.1 Å². The van der Waals surface area contributed by atoms with Gasteiger partial charge in [-0.15, -0.1) is 0 Å². The zero-order valence-corrected chi connectivity index (χ0v) is 15.3. The molecular formula is C22H21NO4. The Kier molecular flexibility index (Phi) is 6.05. The van der Waals surface area contributed by atoms with Gasteiger partial charge in [0.2, 0.25) is 0 Å². The molecule has 0 aliphatic carbocycles. The van der Waals surface area contributed by atoms with E-state index in [1.165, 1.54) is 6.08 Å². The number of rotatable bonds is 7. The number of aromatic nitrogens is 1. The molecule has 0 saturated carbocycles. The summed E-state index contributed by atoms with van der Waals surface area (Å²) in [5.41, 5.74) is 2.53. The molecule has 0 aliphatic heterocycles. The third-order valence-corrected chi connectivity index (χ3v) is 3.99. The van der Waals surface area contributed by atoms with Gasteiger partial charge in [0.25, 0.3) is 0 Å². The van der Waals surface area contributed by atoms with Crippen LogP contribution in [0.3, 0.4) is 0 Å². The van der Waals surface area contributed by atoms with Crippen LogP contribution in [-0.4, -0.2) is 24.7 Å². The van der Waals surface area contributed by atoms with Crippen LogP contribution in [0.2, 0.25) is 0 Å². The van der Waals surface area contributed by atoms with Crippen LogP contribution in [-0.2, 0) is 16.1 Å². The monoisotopic (exact) mass is 363 g/mol. The topological polar surface area (TPSA) is 57.7 Å². The van der Waals surface area contributed by atoms with E-state index in [4.69, 9.17) is 14.2 Å². The van der Waals surface area contributed by atoms with Crippen molar-refractivity contribution in [2.75, 3.05) is 13.7 Å². The second kappa shape index (κ2) is 8.85. The van der Waals surface area contributed by atoms with E-state index in [1.54, 1.807) is 19.4 Å². The molecule has 3 rings (SSSR count). The molecule has 0 fully saturated rings. The van der Waals surface area contributed by atoms with Gasteiger partial charge in [-0.25, -0.2) is 4.79 Å². The molecular weight excluding hydrogens is 342 g/mol. The molecule has 5 heteroatoms. The molecule has 0 aliphatic rings. The molecule has 0 bridgehead atoms. The Morgan fingerprint density at radius 2 is 1.96 bits per heavy atom. The van der Waals surface area contributed by atoms with Crippen LogP contribution in [0.5, 0.6) is 11.5 Å². The highest BCUT2D eigenvalue weighted by Crippen LogP contribution is 2.28. The first kappa shape index (κ1) is 18.5. The Bertz CT molecular complexity index is 960. The zero-order valence-electron chi connectivity index (χ0n) is 15.3. The Balaban J connectivity index is 1.65. The van der Waals surface area contributed by atoms with E-state index in [2.05, 4.69) is 4.98 Å². The van der Waals surface area contributed by atoms with E-state index >= 15 is 0 Å². The molecule has 0 spiro atoms. The molecule has 5 nitrogen and oxygen atoms in total. The largest absolute Gasteiger partial charge is 0.493 e. The minimum atomic E-state index is -0.421. The van der Waals surface area contributed by atoms with Crippen LogP contribution in [0.25, 0.3) is 17.0 Å². The van der Waals surface area contributed by atoms with E-state index in [1.807, 2.05) is 55.5 Å². The van der Waals surface area contributed by atoms with Gasteiger partial charge in [-0.3, -0.25) is 4.98 Å². The predicted octanol–water partition coefficient (Wildman–Crippen LogP) is 4.40. The number of hydrogen-bond acceptors (Lipinski definition) is 5. The van der Waals surface area contributed by atoms with Gasteiger partial charge in [0, 0.05) is 23.2 Å². The fraction of sp³-hybridized carbons (Fsp3) is 0.182. The number of para-hydroxylation sites is 1. The van der Waals surface area contributed by atoms with Crippen molar-refractivity contribution in [3.05, 3.63) is 71.9 Å². The number of esters is 1. The second-order valence-electron chi connectivity index (χ2n) is 5.78. The number of ether oxygens (including phenoxy) is 3. The van der Waals surface area contributed by atoms with Gasteiger partial charge in [0.05, 0.1) is 19.2 Å². The molecule has 3 aromatic rings. The number of carbonyl (C=O) groups excluding carboxylic acids is 1. The van der Waals surface area contributed by atoms with Gasteiger partial charge in [-0.1, -0.05) is 30.3 Å². The highest BCUT2D eigenvalue weighted by atomic mass is 16.5. The van der Waals surface area contributed by atoms with Crippen molar-refractivity contribution < 1.29 is 19.0 Å². The number of benzene rings is 2. The third-order valence-electron chi connectivity index (χ3n) is 3.99. The molecule has 0 radical (unpaired) electrons.